The van der Waals surface area contributed by atoms with Gasteiger partial charge in [-0.25, -0.2) is 8.42 Å². The smallest absolute Gasteiger partial charge is 0.241 e. The van der Waals surface area contributed by atoms with Crippen molar-refractivity contribution in [2.75, 3.05) is 17.6 Å². The Balaban J connectivity index is 1.55. The average Bonchev–Trinajstić information content (AvgIpc) is 2.72. The number of anilines is 1. The molecule has 2 aromatic rings. The van der Waals surface area contributed by atoms with Gasteiger partial charge in [-0.15, -0.1) is 11.8 Å². The molecule has 0 radical (unpaired) electrons. The summed E-state index contributed by atoms with van der Waals surface area (Å²) in [4.78, 5) is 24.8. The molecule has 2 aromatic carbocycles. The van der Waals surface area contributed by atoms with Crippen LogP contribution < -0.4 is 16.0 Å². The molecule has 3 rings (SSSR count). The van der Waals surface area contributed by atoms with Gasteiger partial charge in [-0.05, 0) is 41.8 Å². The van der Waals surface area contributed by atoms with Crippen LogP contribution in [0.25, 0.3) is 0 Å². The van der Waals surface area contributed by atoms with Gasteiger partial charge < -0.3 is 10.6 Å². The van der Waals surface area contributed by atoms with Crippen LogP contribution in [0, 0.1) is 0 Å². The second-order valence-corrected chi connectivity index (χ2v) is 11.1. The zero-order valence-corrected chi connectivity index (χ0v) is 19.5. The molecule has 0 aliphatic carbocycles. The van der Waals surface area contributed by atoms with E-state index in [2.05, 4.69) is 16.0 Å². The number of nitrogens with one attached hydrogen (secondary N) is 3. The molecule has 166 valence electrons. The average molecular weight is 482 g/mol. The van der Waals surface area contributed by atoms with E-state index in [0.717, 1.165) is 17.3 Å². The zero-order chi connectivity index (χ0) is 22.6. The van der Waals surface area contributed by atoms with Gasteiger partial charge in [0.25, 0.3) is 0 Å². The van der Waals surface area contributed by atoms with Crippen LogP contribution in [-0.4, -0.2) is 43.3 Å². The quantitative estimate of drug-likeness (QED) is 0.561. The summed E-state index contributed by atoms with van der Waals surface area (Å²) in [7, 11) is -3.83. The summed E-state index contributed by atoms with van der Waals surface area (Å²) in [6.07, 6.45) is 0. The highest BCUT2D eigenvalue weighted by molar-refractivity contribution is 8.00. The molecule has 31 heavy (non-hydrogen) atoms. The van der Waals surface area contributed by atoms with Crippen molar-refractivity contribution >= 4 is 50.7 Å². The van der Waals surface area contributed by atoms with E-state index in [-0.39, 0.29) is 29.0 Å². The summed E-state index contributed by atoms with van der Waals surface area (Å²) in [6, 6.07) is 13.4. The molecule has 7 nitrogen and oxygen atoms in total. The second-order valence-electron chi connectivity index (χ2n) is 7.42. The highest BCUT2D eigenvalue weighted by Gasteiger charge is 2.38. The maximum absolute atomic E-state index is 12.9. The molecular weight excluding hydrogens is 458 g/mol. The van der Waals surface area contributed by atoms with E-state index in [1.807, 2.05) is 13.8 Å². The minimum atomic E-state index is -3.83. The van der Waals surface area contributed by atoms with Crippen LogP contribution >= 0.6 is 23.4 Å². The van der Waals surface area contributed by atoms with Crippen LogP contribution in [0.4, 0.5) is 5.69 Å². The first-order valence-electron chi connectivity index (χ1n) is 9.71. The standard InChI is InChI=1S/C21H24ClN3O4S2/c1-13(2)14-6-8-17(9-7-14)31(28,29)18-11-23-21(25-20(18)27)30-12-19(26)24-16-5-3-4-15(22)10-16/h3-10,13,18,21,23H,11-12H2,1-2H3,(H,24,26)(H,25,27). The molecule has 2 unspecified atom stereocenters. The molecule has 1 aliphatic rings. The molecule has 0 aromatic heterocycles. The summed E-state index contributed by atoms with van der Waals surface area (Å²) >= 11 is 7.06. The number of benzene rings is 2. The van der Waals surface area contributed by atoms with Crippen molar-refractivity contribution < 1.29 is 18.0 Å². The molecule has 3 N–H and O–H groups in total. The highest BCUT2D eigenvalue weighted by atomic mass is 35.5. The normalized spacial score (nSPS) is 19.2. The van der Waals surface area contributed by atoms with E-state index in [4.69, 9.17) is 11.6 Å². The van der Waals surface area contributed by atoms with Crippen molar-refractivity contribution in [2.24, 2.45) is 0 Å². The van der Waals surface area contributed by atoms with Gasteiger partial charge in [0.1, 0.15) is 5.50 Å². The maximum Gasteiger partial charge on any atom is 0.241 e. The lowest BCUT2D eigenvalue weighted by Crippen LogP contribution is -2.59. The van der Waals surface area contributed by atoms with Crippen molar-refractivity contribution in [1.29, 1.82) is 0 Å². The molecule has 0 spiro atoms. The Morgan fingerprint density at radius 2 is 1.94 bits per heavy atom. The molecule has 1 fully saturated rings. The van der Waals surface area contributed by atoms with E-state index in [1.165, 1.54) is 0 Å². The Hall–Kier alpha value is -2.07. The summed E-state index contributed by atoms with van der Waals surface area (Å²) in [5.41, 5.74) is 1.04. The molecule has 1 saturated heterocycles. The highest BCUT2D eigenvalue weighted by Crippen LogP contribution is 2.23. The molecule has 2 amide bonds. The number of thioether (sulfide) groups is 1. The van der Waals surface area contributed by atoms with Crippen LogP contribution in [0.5, 0.6) is 0 Å². The fourth-order valence-corrected chi connectivity index (χ4v) is 5.56. The van der Waals surface area contributed by atoms with Gasteiger partial charge in [-0.2, -0.15) is 0 Å². The largest absolute Gasteiger partial charge is 0.331 e. The molecule has 1 heterocycles. The summed E-state index contributed by atoms with van der Waals surface area (Å²) < 4.78 is 25.8. The number of rotatable bonds is 7. The fourth-order valence-electron chi connectivity index (χ4n) is 3.06. The Kier molecular flexibility index (Phi) is 7.64. The van der Waals surface area contributed by atoms with Crippen LogP contribution in [-0.2, 0) is 19.4 Å². The van der Waals surface area contributed by atoms with Crippen molar-refractivity contribution in [3.63, 3.8) is 0 Å². The van der Waals surface area contributed by atoms with Gasteiger partial charge in [0.05, 0.1) is 10.6 Å². The number of hydrogen-bond donors (Lipinski definition) is 3. The molecule has 0 saturated carbocycles. The molecular formula is C21H24ClN3O4S2. The fraction of sp³-hybridized carbons (Fsp3) is 0.333. The van der Waals surface area contributed by atoms with Crippen LogP contribution in [0.15, 0.2) is 53.4 Å². The molecule has 1 aliphatic heterocycles. The van der Waals surface area contributed by atoms with E-state index in [9.17, 15) is 18.0 Å². The third-order valence-electron chi connectivity index (χ3n) is 4.79. The SMILES string of the molecule is CC(C)c1ccc(S(=O)(=O)C2CNC(SCC(=O)Nc3cccc(Cl)c3)NC2=O)cc1. The van der Waals surface area contributed by atoms with Crippen LogP contribution in [0.3, 0.4) is 0 Å². The van der Waals surface area contributed by atoms with Gasteiger partial charge in [0.15, 0.2) is 15.1 Å². The first kappa shape index (κ1) is 23.6. The van der Waals surface area contributed by atoms with Gasteiger partial charge >= 0.3 is 0 Å². The van der Waals surface area contributed by atoms with Gasteiger partial charge in [-0.1, -0.05) is 43.6 Å². The first-order valence-corrected chi connectivity index (χ1v) is 12.7. The number of halogens is 1. The van der Waals surface area contributed by atoms with Crippen LogP contribution in [0.1, 0.15) is 25.3 Å². The predicted molar refractivity (Wildman–Crippen MR) is 124 cm³/mol. The first-order chi connectivity index (χ1) is 14.7. The maximum atomic E-state index is 12.9. The Morgan fingerprint density at radius 1 is 1.23 bits per heavy atom. The summed E-state index contributed by atoms with van der Waals surface area (Å²) in [5.74, 6) is -0.494. The predicted octanol–water partition coefficient (Wildman–Crippen LogP) is 2.98. The van der Waals surface area contributed by atoms with E-state index in [0.29, 0.717) is 10.7 Å². The number of amides is 2. The summed E-state index contributed by atoms with van der Waals surface area (Å²) in [6.45, 7) is 4.01. The van der Waals surface area contributed by atoms with Crippen molar-refractivity contribution in [3.05, 3.63) is 59.1 Å². The molecule has 2 atom stereocenters. The Morgan fingerprint density at radius 3 is 2.55 bits per heavy atom. The summed E-state index contributed by atoms with van der Waals surface area (Å²) in [5, 5.41) is 7.62. The molecule has 0 bridgehead atoms. The number of sulfone groups is 1. The van der Waals surface area contributed by atoms with E-state index >= 15 is 0 Å². The van der Waals surface area contributed by atoms with E-state index < -0.39 is 26.5 Å². The Labute approximate surface area is 191 Å². The molecule has 10 heteroatoms. The van der Waals surface area contributed by atoms with Crippen molar-refractivity contribution in [3.8, 4) is 0 Å². The minimum absolute atomic E-state index is 0.0341. The van der Waals surface area contributed by atoms with Gasteiger partial charge in [0.2, 0.25) is 11.8 Å². The minimum Gasteiger partial charge on any atom is -0.331 e. The van der Waals surface area contributed by atoms with Crippen molar-refractivity contribution in [2.45, 2.75) is 35.4 Å². The number of hydrogen-bond acceptors (Lipinski definition) is 6. The zero-order valence-electron chi connectivity index (χ0n) is 17.1. The lowest BCUT2D eigenvalue weighted by Gasteiger charge is -2.29. The van der Waals surface area contributed by atoms with Gasteiger partial charge in [-0.3, -0.25) is 14.9 Å². The number of carbonyl (C=O) groups is 2. The Bertz CT molecular complexity index is 1060. The third kappa shape index (κ3) is 6.00. The van der Waals surface area contributed by atoms with E-state index in [1.54, 1.807) is 48.5 Å². The topological polar surface area (TPSA) is 104 Å². The lowest BCUT2D eigenvalue weighted by molar-refractivity contribution is -0.122. The van der Waals surface area contributed by atoms with Crippen molar-refractivity contribution in [1.82, 2.24) is 10.6 Å². The van der Waals surface area contributed by atoms with Gasteiger partial charge in [0, 0.05) is 17.3 Å². The van der Waals surface area contributed by atoms with Crippen LogP contribution in [0.2, 0.25) is 5.02 Å². The second kappa shape index (κ2) is 10.0. The third-order valence-corrected chi connectivity index (χ3v) is 8.13. The monoisotopic (exact) mass is 481 g/mol. The number of carbonyl (C=O) groups excluding carboxylic acids is 2. The lowest BCUT2D eigenvalue weighted by atomic mass is 10.0.